The van der Waals surface area contributed by atoms with Crippen molar-refractivity contribution in [3.05, 3.63) is 95.1 Å². The number of aromatic hydroxyl groups is 1. The van der Waals surface area contributed by atoms with E-state index in [1.807, 2.05) is 0 Å². The van der Waals surface area contributed by atoms with E-state index in [0.29, 0.717) is 48.4 Å². The number of halogens is 2. The van der Waals surface area contributed by atoms with Gasteiger partial charge in [0.05, 0.1) is 38.7 Å². The second-order valence-electron chi connectivity index (χ2n) is 19.9. The summed E-state index contributed by atoms with van der Waals surface area (Å²) in [6, 6.07) is 14.9. The Morgan fingerprint density at radius 2 is 1.12 bits per heavy atom. The van der Waals surface area contributed by atoms with E-state index >= 15 is 0 Å². The van der Waals surface area contributed by atoms with Crippen LogP contribution in [0.4, 0.5) is 13.6 Å². The summed E-state index contributed by atoms with van der Waals surface area (Å²) >= 11 is 0. The minimum atomic E-state index is -1.27. The summed E-state index contributed by atoms with van der Waals surface area (Å²) in [6.45, 7) is 2.97. The molecule has 4 rings (SSSR count). The monoisotopic (exact) mass is 1200 g/mol. The van der Waals surface area contributed by atoms with E-state index < -0.39 is 77.2 Å². The molecule has 0 unspecified atom stereocenters. The minimum Gasteiger partial charge on any atom is -0.508 e. The molecule has 1 saturated heterocycles. The van der Waals surface area contributed by atoms with Crippen molar-refractivity contribution < 1.29 is 77.1 Å². The number of ether oxygens (including phenoxy) is 1. The van der Waals surface area contributed by atoms with E-state index in [9.17, 15) is 72.4 Å². The van der Waals surface area contributed by atoms with E-state index in [1.165, 1.54) is 0 Å². The number of nitrogens with two attached hydrogens (primary N) is 1. The third-order valence-corrected chi connectivity index (χ3v) is 13.2. The van der Waals surface area contributed by atoms with Gasteiger partial charge in [0.15, 0.2) is 5.96 Å². The van der Waals surface area contributed by atoms with Crippen LogP contribution in [-0.4, -0.2) is 223 Å². The van der Waals surface area contributed by atoms with Crippen molar-refractivity contribution in [2.45, 2.75) is 64.0 Å². The number of benzene rings is 3. The molecule has 29 heteroatoms. The first kappa shape index (κ1) is 69.0. The molecule has 0 bridgehead atoms. The van der Waals surface area contributed by atoms with Crippen LogP contribution in [-0.2, 0) is 44.9 Å². The van der Waals surface area contributed by atoms with Gasteiger partial charge in [-0.05, 0) is 48.9 Å². The molecule has 0 saturated carbocycles. The molecule has 7 amide bonds. The number of nitrogens with one attached hydrogen (secondary N) is 7. The maximum absolute atomic E-state index is 14.7. The van der Waals surface area contributed by atoms with Crippen molar-refractivity contribution in [2.75, 3.05) is 118 Å². The van der Waals surface area contributed by atoms with Crippen LogP contribution >= 0.6 is 0 Å². The molecule has 27 nitrogen and oxygen atoms in total. The van der Waals surface area contributed by atoms with Gasteiger partial charge in [0.1, 0.15) is 29.2 Å². The van der Waals surface area contributed by atoms with Crippen molar-refractivity contribution in [2.24, 2.45) is 10.7 Å². The Morgan fingerprint density at radius 3 is 1.69 bits per heavy atom. The van der Waals surface area contributed by atoms with Gasteiger partial charge in [-0.15, -0.1) is 0 Å². The molecule has 1 aliphatic heterocycles. The number of nitrogens with zero attached hydrogens (tertiary/aromatic N) is 5. The Bertz CT molecular complexity index is 2670. The summed E-state index contributed by atoms with van der Waals surface area (Å²) in [5.74, 6) is -9.11. The predicted octanol–water partition coefficient (Wildman–Crippen LogP) is -0.219. The van der Waals surface area contributed by atoms with Crippen molar-refractivity contribution >= 4 is 59.4 Å². The molecule has 0 aliphatic carbocycles. The van der Waals surface area contributed by atoms with E-state index in [1.54, 1.807) is 81.1 Å². The molecule has 1 aliphatic rings. The number of amides is 7. The highest BCUT2D eigenvalue weighted by Crippen LogP contribution is 2.28. The van der Waals surface area contributed by atoms with E-state index in [2.05, 4.69) is 42.2 Å². The molecule has 466 valence electrons. The van der Waals surface area contributed by atoms with Crippen LogP contribution in [0.3, 0.4) is 0 Å². The fourth-order valence-corrected chi connectivity index (χ4v) is 8.81. The Hall–Kier alpha value is -8.54. The second-order valence-corrected chi connectivity index (χ2v) is 19.9. The van der Waals surface area contributed by atoms with Crippen LogP contribution in [0.2, 0.25) is 0 Å². The molecular weight excluding hydrogens is 1120 g/mol. The van der Waals surface area contributed by atoms with Crippen LogP contribution < -0.4 is 47.7 Å². The Kier molecular flexibility index (Phi) is 30.5. The Morgan fingerprint density at radius 1 is 0.588 bits per heavy atom. The fourth-order valence-electron chi connectivity index (χ4n) is 8.81. The van der Waals surface area contributed by atoms with Crippen LogP contribution in [0, 0.1) is 11.6 Å². The first-order chi connectivity index (χ1) is 40.7. The van der Waals surface area contributed by atoms with Crippen molar-refractivity contribution in [3.63, 3.8) is 0 Å². The number of aliphatic carboxylic acids is 3. The maximum atomic E-state index is 14.7. The molecule has 2 atom stereocenters. The summed E-state index contributed by atoms with van der Waals surface area (Å²) in [5, 5.41) is 56.7. The summed E-state index contributed by atoms with van der Waals surface area (Å²) in [6.07, 6.45) is 1.45. The third kappa shape index (κ3) is 27.6. The van der Waals surface area contributed by atoms with Gasteiger partial charge in [0.25, 0.3) is 0 Å². The molecule has 0 spiro atoms. The summed E-state index contributed by atoms with van der Waals surface area (Å²) < 4.78 is 35.4. The van der Waals surface area contributed by atoms with Crippen molar-refractivity contribution in [1.29, 1.82) is 0 Å². The molecule has 13 N–H and O–H groups in total. The smallest absolute Gasteiger partial charge is 0.344 e. The van der Waals surface area contributed by atoms with Crippen molar-refractivity contribution in [3.8, 4) is 11.5 Å². The van der Waals surface area contributed by atoms with E-state index in [4.69, 9.17) is 10.5 Å². The van der Waals surface area contributed by atoms with Crippen LogP contribution in [0.15, 0.2) is 71.7 Å². The van der Waals surface area contributed by atoms with Gasteiger partial charge in [-0.1, -0.05) is 49.4 Å². The number of hydrogen-bond donors (Lipinski definition) is 12. The Labute approximate surface area is 491 Å². The highest BCUT2D eigenvalue weighted by atomic mass is 19.1. The lowest BCUT2D eigenvalue weighted by molar-refractivity contribution is -0.140. The number of rotatable bonds is 32. The second kappa shape index (κ2) is 37.6. The number of carboxylic acid groups (broad SMARTS) is 3. The van der Waals surface area contributed by atoms with Crippen LogP contribution in [0.5, 0.6) is 11.5 Å². The maximum Gasteiger partial charge on any atom is 0.344 e. The van der Waals surface area contributed by atoms with Gasteiger partial charge >= 0.3 is 23.9 Å². The quantitative estimate of drug-likeness (QED) is 0.0218. The molecule has 3 aromatic carbocycles. The summed E-state index contributed by atoms with van der Waals surface area (Å²) in [4.78, 5) is 123. The number of carboxylic acids is 3. The number of aliphatic imine (C=N–C) groups is 1. The molecule has 1 fully saturated rings. The third-order valence-electron chi connectivity index (χ3n) is 13.2. The fraction of sp³-hybridized carbons (Fsp3) is 0.500. The molecule has 0 aromatic heterocycles. The zero-order chi connectivity index (χ0) is 62.1. The number of phenolic OH excluding ortho intramolecular Hbond substituents is 1. The minimum absolute atomic E-state index is 0.0183. The number of urea groups is 1. The highest BCUT2D eigenvalue weighted by molar-refractivity contribution is 5.93. The average Bonchev–Trinajstić information content (AvgIpc) is 3.10. The molecule has 3 aromatic rings. The first-order valence-corrected chi connectivity index (χ1v) is 27.9. The topological polar surface area (TPSA) is 379 Å². The molecule has 0 radical (unpaired) electrons. The number of carbonyl (C=O) groups is 9. The van der Waals surface area contributed by atoms with Crippen LogP contribution in [0.25, 0.3) is 0 Å². The van der Waals surface area contributed by atoms with Gasteiger partial charge in [0.2, 0.25) is 29.5 Å². The van der Waals surface area contributed by atoms with E-state index in [0.717, 1.165) is 0 Å². The average molecular weight is 1200 g/mol. The number of guanidine groups is 1. The number of hydrogen-bond acceptors (Lipinski definition) is 15. The predicted molar refractivity (Wildman–Crippen MR) is 306 cm³/mol. The molecule has 1 heterocycles. The van der Waals surface area contributed by atoms with Gasteiger partial charge < -0.3 is 68.1 Å². The van der Waals surface area contributed by atoms with Gasteiger partial charge in [-0.3, -0.25) is 58.0 Å². The van der Waals surface area contributed by atoms with Crippen LogP contribution in [0.1, 0.15) is 68.1 Å². The lowest BCUT2D eigenvalue weighted by atomic mass is 9.90. The standard InChI is InChI=1S/C56H79F2N13O14/c1-2-46(73)62-19-20-64-56(84)67-55(59)63-17-9-14-45(53(82)65-33-42-43(57)31-40(72)32-44(42)58)66-54(83)52(38-10-4-3-5-11-38)39-12-8-13-41(30-39)85-29-7-6-16-60-47(74)15-18-61-48(75)34-68-21-23-69(35-49(76)77)25-27-71(37-51(80)81)28-26-70(24-22-68)36-50(78)79/h3-5,8,10-13,30-32,45,52,72H,2,6-7,9,14-29,33-37H2,1H3,(H,60,74)(H,61,75)(H,62,73)(H,65,82)(H,66,83)(H,76,77)(H,78,79)(H,80,81)(H4,59,63,64,67,84)/t45-,52+/m1/s1. The van der Waals surface area contributed by atoms with E-state index in [-0.39, 0.29) is 161 Å². The summed E-state index contributed by atoms with van der Waals surface area (Å²) in [5.41, 5.74) is 6.44. The van der Waals surface area contributed by atoms with Gasteiger partial charge in [-0.2, -0.15) is 4.99 Å². The zero-order valence-corrected chi connectivity index (χ0v) is 47.6. The zero-order valence-electron chi connectivity index (χ0n) is 47.6. The van der Waals surface area contributed by atoms with Gasteiger partial charge in [-0.25, -0.2) is 13.6 Å². The summed E-state index contributed by atoms with van der Waals surface area (Å²) in [7, 11) is 0. The lowest BCUT2D eigenvalue weighted by Gasteiger charge is -2.32. The number of unbranched alkanes of at least 4 members (excludes halogenated alkanes) is 1. The van der Waals surface area contributed by atoms with Crippen molar-refractivity contribution in [1.82, 2.24) is 56.8 Å². The largest absolute Gasteiger partial charge is 0.508 e. The van der Waals surface area contributed by atoms with Gasteiger partial charge in [0, 0.05) is 122 Å². The Balaban J connectivity index is 1.30. The lowest BCUT2D eigenvalue weighted by Crippen LogP contribution is -2.50. The normalized spacial score (nSPS) is 14.7. The first-order valence-electron chi connectivity index (χ1n) is 27.9. The molecule has 85 heavy (non-hydrogen) atoms. The highest BCUT2D eigenvalue weighted by Gasteiger charge is 2.29. The SMILES string of the molecule is CCC(=O)NCCNC(=O)/N=C(/N)NCCC[C@@H](NC(=O)[C@@H](c1ccccc1)c1cccc(OCCCCNC(=O)CCNC(=O)CN2CCN(CC(=O)O)CCN(CC(=O)O)CCN(CC(=O)O)CC2)c1)C(=O)NCc1c(F)cc(O)cc1F. The number of carbonyl (C=O) groups excluding carboxylic acids is 6. The molecular formula is C56H79F2N13O14. The number of phenols is 1.